The largest absolute Gasteiger partial charge is 0.207 e. The number of rotatable bonds is 2. The molecule has 0 aliphatic heterocycles. The van der Waals surface area contributed by atoms with Gasteiger partial charge in [0.1, 0.15) is 17.5 Å². The lowest BCUT2D eigenvalue weighted by molar-refractivity contribution is 0.527. The number of hydrogen-bond acceptors (Lipinski definition) is 0. The summed E-state index contributed by atoms with van der Waals surface area (Å²) < 4.78 is 40.9. The van der Waals surface area contributed by atoms with Gasteiger partial charge in [-0.05, 0) is 11.6 Å². The Labute approximate surface area is 119 Å². The maximum Gasteiger partial charge on any atom is 0.133 e. The Bertz CT molecular complexity index is 561. The van der Waals surface area contributed by atoms with Crippen LogP contribution in [0.2, 0.25) is 0 Å². The average molecular weight is 380 g/mol. The molecule has 0 bridgehead atoms. The lowest BCUT2D eigenvalue weighted by Crippen LogP contribution is -2.02. The van der Waals surface area contributed by atoms with E-state index in [4.69, 9.17) is 0 Å². The average Bonchev–Trinajstić information content (AvgIpc) is 2.27. The molecule has 0 fully saturated rings. The van der Waals surface area contributed by atoms with Gasteiger partial charge in [-0.25, -0.2) is 13.2 Å². The van der Waals surface area contributed by atoms with E-state index < -0.39 is 22.3 Å². The first-order valence-corrected chi connectivity index (χ1v) is 6.74. The van der Waals surface area contributed by atoms with Crippen LogP contribution in [0.4, 0.5) is 13.2 Å². The van der Waals surface area contributed by atoms with Gasteiger partial charge in [-0.2, -0.15) is 0 Å². The summed E-state index contributed by atoms with van der Waals surface area (Å²) in [6.07, 6.45) is 0. The Morgan fingerprint density at radius 3 is 2.06 bits per heavy atom. The zero-order valence-corrected chi connectivity index (χ0v) is 12.1. The van der Waals surface area contributed by atoms with Gasteiger partial charge >= 0.3 is 0 Å². The molecule has 0 aromatic heterocycles. The lowest BCUT2D eigenvalue weighted by Gasteiger charge is -2.14. The second kappa shape index (κ2) is 5.45. The maximum atomic E-state index is 13.7. The number of halogens is 5. The number of hydrogen-bond donors (Lipinski definition) is 0. The molecule has 0 radical (unpaired) electrons. The highest BCUT2D eigenvalue weighted by Crippen LogP contribution is 2.37. The summed E-state index contributed by atoms with van der Waals surface area (Å²) in [4.78, 5) is -0.686. The molecule has 0 N–H and O–H groups in total. The molecule has 94 valence electrons. The van der Waals surface area contributed by atoms with Crippen molar-refractivity contribution in [3.8, 4) is 0 Å². The molecule has 2 aromatic carbocycles. The lowest BCUT2D eigenvalue weighted by atomic mass is 10.0. The fourth-order valence-electron chi connectivity index (χ4n) is 1.63. The van der Waals surface area contributed by atoms with Gasteiger partial charge in [-0.15, -0.1) is 0 Å². The smallest absolute Gasteiger partial charge is 0.133 e. The first kappa shape index (κ1) is 13.6. The quantitative estimate of drug-likeness (QED) is 0.617. The van der Waals surface area contributed by atoms with Crippen LogP contribution in [0.3, 0.4) is 0 Å². The molecule has 0 saturated carbocycles. The molecule has 0 aliphatic rings. The Morgan fingerprint density at radius 1 is 0.944 bits per heavy atom. The van der Waals surface area contributed by atoms with E-state index in [2.05, 4.69) is 31.9 Å². The summed E-state index contributed by atoms with van der Waals surface area (Å²) in [6.45, 7) is 0. The molecule has 2 aromatic rings. The SMILES string of the molecule is Fc1cc(F)c(C(Br)c2ccccc2Br)c(F)c1. The van der Waals surface area contributed by atoms with Gasteiger partial charge in [0.25, 0.3) is 0 Å². The first-order chi connectivity index (χ1) is 8.50. The Balaban J connectivity index is 2.53. The van der Waals surface area contributed by atoms with E-state index in [1.54, 1.807) is 24.3 Å². The minimum absolute atomic E-state index is 0.205. The normalized spacial score (nSPS) is 12.5. The van der Waals surface area contributed by atoms with Gasteiger partial charge in [0.15, 0.2) is 0 Å². The second-order valence-corrected chi connectivity index (χ2v) is 5.44. The zero-order valence-electron chi connectivity index (χ0n) is 8.93. The molecule has 0 aliphatic carbocycles. The van der Waals surface area contributed by atoms with E-state index in [1.165, 1.54) is 0 Å². The summed E-state index contributed by atoms with van der Waals surface area (Å²) in [7, 11) is 0. The summed E-state index contributed by atoms with van der Waals surface area (Å²) in [5.41, 5.74) is 0.463. The molecular formula is C13H7Br2F3. The van der Waals surface area contributed by atoms with Gasteiger partial charge in [-0.1, -0.05) is 50.1 Å². The van der Waals surface area contributed by atoms with E-state index in [1.807, 2.05) is 0 Å². The van der Waals surface area contributed by atoms with Gasteiger partial charge in [0.05, 0.1) is 4.83 Å². The minimum Gasteiger partial charge on any atom is -0.207 e. The highest BCUT2D eigenvalue weighted by Gasteiger charge is 2.22. The van der Waals surface area contributed by atoms with Crippen molar-refractivity contribution in [1.29, 1.82) is 0 Å². The van der Waals surface area contributed by atoms with Crippen molar-refractivity contribution in [2.75, 3.05) is 0 Å². The molecule has 2 rings (SSSR count). The van der Waals surface area contributed by atoms with Crippen molar-refractivity contribution in [3.05, 3.63) is 69.4 Å². The van der Waals surface area contributed by atoms with Crippen LogP contribution in [0.1, 0.15) is 16.0 Å². The van der Waals surface area contributed by atoms with Crippen LogP contribution in [-0.2, 0) is 0 Å². The Morgan fingerprint density at radius 2 is 1.50 bits per heavy atom. The summed E-state index contributed by atoms with van der Waals surface area (Å²) in [5.74, 6) is -2.75. The van der Waals surface area contributed by atoms with Crippen LogP contribution < -0.4 is 0 Å². The third-order valence-electron chi connectivity index (χ3n) is 2.48. The molecular weight excluding hydrogens is 373 g/mol. The Kier molecular flexibility index (Phi) is 4.12. The zero-order chi connectivity index (χ0) is 13.3. The number of benzene rings is 2. The van der Waals surface area contributed by atoms with Crippen molar-refractivity contribution in [2.45, 2.75) is 4.83 Å². The molecule has 0 spiro atoms. The van der Waals surface area contributed by atoms with Crippen LogP contribution >= 0.6 is 31.9 Å². The molecule has 1 atom stereocenters. The summed E-state index contributed by atoms with van der Waals surface area (Å²) in [5, 5.41) is 0. The highest BCUT2D eigenvalue weighted by atomic mass is 79.9. The van der Waals surface area contributed by atoms with E-state index >= 15 is 0 Å². The topological polar surface area (TPSA) is 0 Å². The molecule has 0 saturated heterocycles. The highest BCUT2D eigenvalue weighted by molar-refractivity contribution is 9.11. The standard InChI is InChI=1S/C13H7Br2F3/c14-9-4-2-1-3-8(9)13(15)12-10(17)5-7(16)6-11(12)18/h1-6,13H. The molecule has 18 heavy (non-hydrogen) atoms. The van der Waals surface area contributed by atoms with Gasteiger partial charge in [-0.3, -0.25) is 0 Å². The van der Waals surface area contributed by atoms with Crippen LogP contribution in [0.5, 0.6) is 0 Å². The third-order valence-corrected chi connectivity index (χ3v) is 4.15. The fourth-order valence-corrected chi connectivity index (χ4v) is 3.29. The molecule has 1 unspecified atom stereocenters. The first-order valence-electron chi connectivity index (χ1n) is 5.03. The summed E-state index contributed by atoms with van der Waals surface area (Å²) >= 11 is 6.55. The molecule has 0 heterocycles. The van der Waals surface area contributed by atoms with Crippen LogP contribution in [0, 0.1) is 17.5 Å². The van der Waals surface area contributed by atoms with Crippen LogP contribution in [0.15, 0.2) is 40.9 Å². The molecule has 0 amide bonds. The van der Waals surface area contributed by atoms with Gasteiger partial charge in [0, 0.05) is 22.2 Å². The number of alkyl halides is 1. The third kappa shape index (κ3) is 2.62. The fraction of sp³-hybridized carbons (Fsp3) is 0.0769. The van der Waals surface area contributed by atoms with Crippen molar-refractivity contribution >= 4 is 31.9 Å². The Hall–Kier alpha value is -0.810. The van der Waals surface area contributed by atoms with E-state index in [0.717, 1.165) is 4.47 Å². The monoisotopic (exact) mass is 378 g/mol. The van der Waals surface area contributed by atoms with E-state index in [0.29, 0.717) is 17.7 Å². The van der Waals surface area contributed by atoms with Gasteiger partial charge < -0.3 is 0 Å². The van der Waals surface area contributed by atoms with Crippen LogP contribution in [-0.4, -0.2) is 0 Å². The van der Waals surface area contributed by atoms with Gasteiger partial charge in [0.2, 0.25) is 0 Å². The van der Waals surface area contributed by atoms with E-state index in [-0.39, 0.29) is 5.56 Å². The minimum atomic E-state index is -0.930. The van der Waals surface area contributed by atoms with Crippen molar-refractivity contribution < 1.29 is 13.2 Å². The van der Waals surface area contributed by atoms with Crippen molar-refractivity contribution in [1.82, 2.24) is 0 Å². The van der Waals surface area contributed by atoms with Crippen LogP contribution in [0.25, 0.3) is 0 Å². The van der Waals surface area contributed by atoms with Crippen molar-refractivity contribution in [3.63, 3.8) is 0 Å². The second-order valence-electron chi connectivity index (χ2n) is 3.67. The molecule has 0 nitrogen and oxygen atoms in total. The predicted octanol–water partition coefficient (Wildman–Crippen LogP) is 5.35. The van der Waals surface area contributed by atoms with E-state index in [9.17, 15) is 13.2 Å². The predicted molar refractivity (Wildman–Crippen MR) is 71.2 cm³/mol. The maximum absolute atomic E-state index is 13.7. The summed E-state index contributed by atoms with van der Waals surface area (Å²) in [6, 6.07) is 8.39. The van der Waals surface area contributed by atoms with Crippen molar-refractivity contribution in [2.24, 2.45) is 0 Å². The molecule has 5 heteroatoms.